The first-order chi connectivity index (χ1) is 56.4. The maximum Gasteiger partial charge on any atom is 0.474 e. The van der Waals surface area contributed by atoms with Gasteiger partial charge < -0.3 is 73.5 Å². The van der Waals surface area contributed by atoms with E-state index >= 15 is 0 Å². The van der Waals surface area contributed by atoms with Gasteiger partial charge in [0.2, 0.25) is 0 Å². The quantitative estimate of drug-likeness (QED) is 0.0421. The maximum atomic E-state index is 12.1. The number of halogens is 6. The molecule has 5 saturated heterocycles. The fourth-order valence-electron chi connectivity index (χ4n) is 10.8. The van der Waals surface area contributed by atoms with Crippen molar-refractivity contribution in [3.05, 3.63) is 75.9 Å². The number of aromatic nitrogens is 7. The molecule has 704 valence electrons. The highest BCUT2D eigenvalue weighted by atomic mass is 35.5. The summed E-state index contributed by atoms with van der Waals surface area (Å²) in [6.07, 6.45) is -1.75. The normalized spacial score (nSPS) is 15.5. The third-order valence-electron chi connectivity index (χ3n) is 16.8. The average molecular weight is 1910 g/mol. The lowest BCUT2D eigenvalue weighted by Gasteiger charge is -2.41. The van der Waals surface area contributed by atoms with E-state index in [1.165, 1.54) is 64.6 Å². The number of carbonyl (C=O) groups is 7. The van der Waals surface area contributed by atoms with Crippen LogP contribution in [0, 0.1) is 43.4 Å². The summed E-state index contributed by atoms with van der Waals surface area (Å²) in [7, 11) is -5.14. The van der Waals surface area contributed by atoms with E-state index in [0.717, 1.165) is 94.0 Å². The van der Waals surface area contributed by atoms with Gasteiger partial charge in [0, 0.05) is 162 Å². The Labute approximate surface area is 738 Å². The van der Waals surface area contributed by atoms with Crippen LogP contribution in [0.2, 0.25) is 15.5 Å². The Bertz CT molecular complexity index is 4890. The van der Waals surface area contributed by atoms with Gasteiger partial charge in [0.15, 0.2) is 23.4 Å². The Morgan fingerprint density at radius 2 is 0.927 bits per heavy atom. The van der Waals surface area contributed by atoms with Crippen LogP contribution < -0.4 is 49.2 Å². The Balaban J connectivity index is 0.000000375. The Morgan fingerprint density at radius 1 is 0.565 bits per heavy atom. The van der Waals surface area contributed by atoms with Crippen molar-refractivity contribution in [2.75, 3.05) is 144 Å². The van der Waals surface area contributed by atoms with Gasteiger partial charge in [-0.3, -0.25) is 0 Å². The topological polar surface area (TPSA) is 516 Å². The van der Waals surface area contributed by atoms with Crippen molar-refractivity contribution in [2.24, 2.45) is 39.9 Å². The van der Waals surface area contributed by atoms with Crippen molar-refractivity contribution >= 4 is 141 Å². The van der Waals surface area contributed by atoms with Crippen LogP contribution >= 0.6 is 34.8 Å². The minimum Gasteiger partial charge on any atom is -0.542 e. The fraction of sp³-hybridized carbons (Fsp3) is 0.667. The molecule has 124 heavy (non-hydrogen) atoms. The number of alkyl halides is 3. The van der Waals surface area contributed by atoms with Gasteiger partial charge in [-0.1, -0.05) is 38.8 Å². The van der Waals surface area contributed by atoms with E-state index in [-0.39, 0.29) is 42.1 Å². The number of hydrogen-bond donors (Lipinski definition) is 6. The second kappa shape index (κ2) is 45.4. The molecule has 0 unspecified atom stereocenters. The zero-order chi connectivity index (χ0) is 95.4. The van der Waals surface area contributed by atoms with Crippen LogP contribution in [-0.2, 0) is 74.1 Å². The number of nitrogens with zero attached hydrogens (tertiary/aromatic N) is 15. The maximum absolute atomic E-state index is 12.1. The third kappa shape index (κ3) is 38.5. The molecule has 5 fully saturated rings. The molecule has 5 aromatic heterocycles. The van der Waals surface area contributed by atoms with Crippen LogP contribution in [-0.4, -0.2) is 301 Å². The highest BCUT2D eigenvalue weighted by molar-refractivity contribution is 7.87. The number of anilines is 2. The Morgan fingerprint density at radius 3 is 1.29 bits per heavy atom. The zero-order valence-corrected chi connectivity index (χ0v) is 79.4. The lowest BCUT2D eigenvalue weighted by atomic mass is 10.00. The second-order valence-corrected chi connectivity index (χ2v) is 42.1. The molecular formula is C72H119Cl3F3N21O21S4. The number of aliphatic carboxylic acids is 1. The molecule has 0 spiro atoms. The lowest BCUT2D eigenvalue weighted by molar-refractivity contribution is -0.512. The third-order valence-corrected chi connectivity index (χ3v) is 22.3. The van der Waals surface area contributed by atoms with Gasteiger partial charge in [0.05, 0.1) is 5.92 Å². The highest BCUT2D eigenvalue weighted by Crippen LogP contribution is 2.32. The number of nitrogens with two attached hydrogens (primary N) is 2. The van der Waals surface area contributed by atoms with E-state index in [9.17, 15) is 75.6 Å². The molecule has 5 aliphatic rings. The van der Waals surface area contributed by atoms with Gasteiger partial charge in [-0.25, -0.2) is 58.0 Å². The molecular weight excluding hydrogens is 1790 g/mol. The van der Waals surface area contributed by atoms with Gasteiger partial charge in [-0.05, 0) is 154 Å². The van der Waals surface area contributed by atoms with Gasteiger partial charge >= 0.3 is 57.1 Å². The molecule has 0 saturated carbocycles. The van der Waals surface area contributed by atoms with Crippen molar-refractivity contribution in [3.8, 4) is 0 Å². The highest BCUT2D eigenvalue weighted by Gasteiger charge is 2.39. The van der Waals surface area contributed by atoms with E-state index in [4.69, 9.17) is 78.7 Å². The van der Waals surface area contributed by atoms with E-state index in [0.29, 0.717) is 66.6 Å². The molecule has 0 atom stereocenters. The first kappa shape index (κ1) is 110. The molecule has 0 radical (unpaired) electrons. The summed E-state index contributed by atoms with van der Waals surface area (Å²) in [4.78, 5) is 93.7. The number of carboxylic acids is 1. The summed E-state index contributed by atoms with van der Waals surface area (Å²) in [5.41, 5.74) is 1.51. The van der Waals surface area contributed by atoms with Crippen LogP contribution in [0.4, 0.5) is 48.6 Å². The molecule has 10 heterocycles. The Kier molecular flexibility index (Phi) is 40.2. The van der Waals surface area contributed by atoms with E-state index < -0.39 is 93.7 Å². The van der Waals surface area contributed by atoms with Gasteiger partial charge in [-0.2, -0.15) is 66.3 Å². The number of hydrogen-bond acceptors (Lipinski definition) is 29. The molecule has 5 amide bonds. The summed E-state index contributed by atoms with van der Waals surface area (Å²) in [5, 5.41) is 34.5. The first-order valence-electron chi connectivity index (χ1n) is 38.2. The molecule has 42 nitrogen and oxygen atoms in total. The number of amides is 5. The molecule has 5 aliphatic heterocycles. The molecule has 8 N–H and O–H groups in total. The number of rotatable bonds is 17. The minimum atomic E-state index is -5.19. The van der Waals surface area contributed by atoms with Crippen molar-refractivity contribution in [1.82, 2.24) is 76.9 Å². The largest absolute Gasteiger partial charge is 0.542 e. The minimum absolute atomic E-state index is 0.00696. The standard InChI is InChI=1S/C15H29N3O6S.C12H17ClN6O2S.C12H19N3O4S.C10H20N2O2.C9H15NO3.C7H5Cl2N3.C5H13N3O2S.C2HF3O2/c1-14(2,3)23-12(19)16-25(21,22)17(7)8-11-9-18(10-11)13(20)24-15(4,5)6;1-8-3-10(13)19-11(8)12(15-7-16-19)18-5-9(6-18)4-17(2)22(14,20)21;1-12(2,3)19-11(16)13-20(17,18)15-8-6-10(7-9-15)14(4)5;1-10(2,3)14-9(13)12-6-8(7-12)5-11-4;1-9(2,3)13-8(12)10-4-7(5-10)6-11;1-4-2-5(8)12-6(4)7(9)10-3-11-12;1-8(11(6,9)10)4-5-2-7-3-5;3-2(4,5)1(6)7/h11H,8-10H2,1-7H3,(H,16,19);3,7,9H,4-6H2,1-2H3,(H2,14,20,21);6-9H,1-5H3;8,11H,5-7H2,1-4H3;6-7H,4-5H2,1-3H3;2-3H,1H3;5,7H,2-4H2,1H3,(H2,6,9,10);(H,6,7). The van der Waals surface area contributed by atoms with E-state index in [2.05, 4.69) is 35.7 Å². The van der Waals surface area contributed by atoms with Crippen molar-refractivity contribution in [3.63, 3.8) is 0 Å². The van der Waals surface area contributed by atoms with Gasteiger partial charge in [0.25, 0.3) is 20.4 Å². The van der Waals surface area contributed by atoms with Gasteiger partial charge in [0.1, 0.15) is 74.3 Å². The van der Waals surface area contributed by atoms with Crippen LogP contribution in [0.5, 0.6) is 0 Å². The van der Waals surface area contributed by atoms with Crippen LogP contribution in [0.1, 0.15) is 115 Å². The number of carboxylic acid groups (broad SMARTS) is 1. The number of aldehydes is 1. The average Bonchev–Trinajstić information content (AvgIpc) is 1.59. The van der Waals surface area contributed by atoms with Gasteiger partial charge in [-0.15, -0.1) is 8.42 Å². The monoisotopic (exact) mass is 1900 g/mol. The lowest BCUT2D eigenvalue weighted by Crippen LogP contribution is -2.56. The van der Waals surface area contributed by atoms with Crippen LogP contribution in [0.3, 0.4) is 0 Å². The Hall–Kier alpha value is -8.34. The summed E-state index contributed by atoms with van der Waals surface area (Å²) >= 11 is 17.8. The summed E-state index contributed by atoms with van der Waals surface area (Å²) in [5.74, 6) is -0.961. The molecule has 52 heteroatoms. The smallest absolute Gasteiger partial charge is 0.474 e. The van der Waals surface area contributed by atoms with Crippen LogP contribution in [0.15, 0.2) is 49.3 Å². The zero-order valence-electron chi connectivity index (χ0n) is 73.8. The van der Waals surface area contributed by atoms with Crippen molar-refractivity contribution in [1.29, 1.82) is 0 Å². The fourth-order valence-corrected chi connectivity index (χ4v) is 14.1. The van der Waals surface area contributed by atoms with Crippen molar-refractivity contribution in [2.45, 2.75) is 152 Å². The number of carbonyl (C=O) groups excluding carboxylic acids is 7. The second-order valence-electron chi connectivity index (χ2n) is 34.3. The number of aryl methyl sites for hydroxylation is 2. The molecule has 10 rings (SSSR count). The molecule has 5 aromatic rings. The number of nitrogens with one attached hydrogen (secondary N) is 4. The number of ether oxygens (including phenoxy) is 5. The number of pyridine rings is 1. The summed E-state index contributed by atoms with van der Waals surface area (Å²) < 4.78 is 160. The number of fused-ring (bicyclic) bond motifs is 2. The predicted molar refractivity (Wildman–Crippen MR) is 455 cm³/mol. The summed E-state index contributed by atoms with van der Waals surface area (Å²) in [6.45, 7) is 38.9. The SMILES string of the molecule is CC(C)(C)OC(=O)N1CC(C=O)C1.CN(C)c1cc[n+](S(=O)(=O)NC(=O)OC(C)(C)C)cc1.CN(CC1CN(C(=O)OC(C)(C)C)C1)S(=O)(=O)NC(=O)OC(C)(C)C.CN(CC1CNC1)S(N)(=O)=O.CNCC1CN(C(=O)OC(C)(C)C)C1.Cc1cc(Cl)n2ncnc(Cl)c12.Cc1cc(Cl)n2ncnc(N3CC(CN(C)S(N)(=O)=O)C3)c12.O=C([O-])C(F)(F)F. The molecule has 0 bridgehead atoms. The molecule has 0 aliphatic carbocycles. The van der Waals surface area contributed by atoms with E-state index in [1.54, 1.807) is 94.4 Å². The number of likely N-dealkylation sites (tertiary alicyclic amines) is 3. The summed E-state index contributed by atoms with van der Waals surface area (Å²) in [6, 6.07) is 6.89. The predicted octanol–water partition coefficient (Wildman–Crippen LogP) is 4.58. The van der Waals surface area contributed by atoms with Crippen molar-refractivity contribution < 1.29 is 113 Å². The van der Waals surface area contributed by atoms with Crippen LogP contribution in [0.25, 0.3) is 11.0 Å². The van der Waals surface area contributed by atoms with E-state index in [1.807, 2.05) is 96.9 Å². The molecule has 0 aromatic carbocycles. The first-order valence-corrected chi connectivity index (χ1v) is 45.2.